The number of nitrogens with zero attached hydrogens (tertiary/aromatic N) is 3. The number of amides is 5. The van der Waals surface area contributed by atoms with E-state index in [-0.39, 0.29) is 37.6 Å². The standard InChI is InChI=1S/C38H51N5O8S/c44-33(41-18-9-4-10-19-41)21-27-12-5-2-1-3-6-14-29-23-38(29,36(47)40-52(49,50)31-15-16-31)39-34(45)32-22-30(25-43(32)35(27)46)51-37(48)42-20-17-26-11-7-8-13-28(26)24-42/h6-8,11,13-14,27,29-32H,1-5,9-10,12,15-25H2,(H,39,45)(H,40,47)/t27-,29-,30-,32+,38-/m1/s1. The molecule has 14 heteroatoms. The van der Waals surface area contributed by atoms with Crippen LogP contribution in [0.5, 0.6) is 0 Å². The molecule has 1 aromatic rings. The van der Waals surface area contributed by atoms with Crippen LogP contribution in [0, 0.1) is 11.8 Å². The quantitative estimate of drug-likeness (QED) is 0.421. The maximum absolute atomic E-state index is 14.5. The van der Waals surface area contributed by atoms with E-state index in [2.05, 4.69) is 10.0 Å². The highest BCUT2D eigenvalue weighted by molar-refractivity contribution is 7.91. The number of hydrogen-bond acceptors (Lipinski definition) is 8. The van der Waals surface area contributed by atoms with Gasteiger partial charge in [-0.3, -0.25) is 23.9 Å². The van der Waals surface area contributed by atoms with Crippen LogP contribution in [0.3, 0.4) is 0 Å². The molecule has 13 nitrogen and oxygen atoms in total. The summed E-state index contributed by atoms with van der Waals surface area (Å²) in [6.07, 6.45) is 11.0. The number of carbonyl (C=O) groups excluding carboxylic acids is 5. The fraction of sp³-hybridized carbons (Fsp3) is 0.658. The van der Waals surface area contributed by atoms with Gasteiger partial charge in [-0.25, -0.2) is 13.2 Å². The summed E-state index contributed by atoms with van der Waals surface area (Å²) < 4.78 is 33.8. The van der Waals surface area contributed by atoms with Crippen molar-refractivity contribution >= 4 is 39.7 Å². The number of ether oxygens (including phenoxy) is 1. The molecule has 282 valence electrons. The van der Waals surface area contributed by atoms with Gasteiger partial charge in [0.05, 0.1) is 11.8 Å². The van der Waals surface area contributed by atoms with Crippen LogP contribution in [-0.2, 0) is 46.9 Å². The van der Waals surface area contributed by atoms with Crippen LogP contribution < -0.4 is 10.0 Å². The summed E-state index contributed by atoms with van der Waals surface area (Å²) in [5.74, 6) is -2.86. The predicted octanol–water partition coefficient (Wildman–Crippen LogP) is 3.17. The summed E-state index contributed by atoms with van der Waals surface area (Å²) in [7, 11) is -3.87. The van der Waals surface area contributed by atoms with Crippen LogP contribution in [-0.4, -0.2) is 102 Å². The number of benzene rings is 1. The summed E-state index contributed by atoms with van der Waals surface area (Å²) in [6.45, 7) is 2.18. The molecule has 52 heavy (non-hydrogen) atoms. The molecule has 4 aliphatic heterocycles. The molecule has 4 heterocycles. The number of sulfonamides is 1. The van der Waals surface area contributed by atoms with Crippen molar-refractivity contribution in [3.8, 4) is 0 Å². The van der Waals surface area contributed by atoms with E-state index < -0.39 is 62.7 Å². The lowest BCUT2D eigenvalue weighted by Gasteiger charge is -2.31. The molecule has 0 radical (unpaired) electrons. The van der Waals surface area contributed by atoms with Gasteiger partial charge in [-0.15, -0.1) is 0 Å². The Labute approximate surface area is 305 Å². The number of allylic oxidation sites excluding steroid dienone is 1. The Morgan fingerprint density at radius 2 is 1.67 bits per heavy atom. The number of carbonyl (C=O) groups is 5. The second-order valence-electron chi connectivity index (χ2n) is 15.5. The number of piperidine rings is 1. The summed E-state index contributed by atoms with van der Waals surface area (Å²) in [5, 5.41) is 2.26. The van der Waals surface area contributed by atoms with Crippen molar-refractivity contribution in [3.05, 3.63) is 47.5 Å². The molecule has 2 saturated heterocycles. The third-order valence-corrected chi connectivity index (χ3v) is 13.6. The van der Waals surface area contributed by atoms with Gasteiger partial charge >= 0.3 is 6.09 Å². The summed E-state index contributed by atoms with van der Waals surface area (Å²) in [6, 6.07) is 6.85. The zero-order valence-corrected chi connectivity index (χ0v) is 30.6. The van der Waals surface area contributed by atoms with E-state index in [1.165, 1.54) is 10.5 Å². The van der Waals surface area contributed by atoms with Gasteiger partial charge in [0.2, 0.25) is 27.7 Å². The molecule has 7 rings (SSSR count). The van der Waals surface area contributed by atoms with E-state index in [1.807, 2.05) is 41.3 Å². The van der Waals surface area contributed by atoms with Gasteiger partial charge in [-0.2, -0.15) is 0 Å². The first-order chi connectivity index (χ1) is 25.0. The first kappa shape index (κ1) is 36.4. The highest BCUT2D eigenvalue weighted by Crippen LogP contribution is 2.46. The van der Waals surface area contributed by atoms with Crippen LogP contribution >= 0.6 is 0 Å². The van der Waals surface area contributed by atoms with Crippen molar-refractivity contribution in [2.75, 3.05) is 26.2 Å². The Kier molecular flexibility index (Phi) is 10.6. The summed E-state index contributed by atoms with van der Waals surface area (Å²) >= 11 is 0. The summed E-state index contributed by atoms with van der Waals surface area (Å²) in [4.78, 5) is 74.4. The Morgan fingerprint density at radius 1 is 0.923 bits per heavy atom. The van der Waals surface area contributed by atoms with E-state index in [0.717, 1.165) is 50.5 Å². The molecule has 0 bridgehead atoms. The van der Waals surface area contributed by atoms with Crippen molar-refractivity contribution in [1.29, 1.82) is 0 Å². The SMILES string of the molecule is O=C1N[C@]2(C(=O)NS(=O)(=O)C3CC3)C[C@H]2C=CCCCCC[C@H](CC(=O)N2CCCCC2)C(=O)N2C[C@H](OC(=O)N3CCc4ccccc4C3)C[C@@H]12. The molecule has 2 N–H and O–H groups in total. The van der Waals surface area contributed by atoms with Gasteiger partial charge in [0, 0.05) is 50.9 Å². The lowest BCUT2D eigenvalue weighted by atomic mass is 9.94. The molecule has 5 amide bonds. The lowest BCUT2D eigenvalue weighted by Crippen LogP contribution is -2.57. The highest BCUT2D eigenvalue weighted by atomic mass is 32.2. The molecule has 2 saturated carbocycles. The van der Waals surface area contributed by atoms with E-state index >= 15 is 0 Å². The molecule has 1 aromatic carbocycles. The van der Waals surface area contributed by atoms with Crippen LogP contribution in [0.2, 0.25) is 0 Å². The molecule has 6 aliphatic rings. The Bertz CT molecular complexity index is 1710. The molecular weight excluding hydrogens is 687 g/mol. The van der Waals surface area contributed by atoms with Crippen molar-refractivity contribution in [3.63, 3.8) is 0 Å². The Balaban J connectivity index is 1.13. The van der Waals surface area contributed by atoms with E-state index in [9.17, 15) is 32.4 Å². The van der Waals surface area contributed by atoms with Gasteiger partial charge in [0.15, 0.2) is 0 Å². The molecule has 4 fully saturated rings. The van der Waals surface area contributed by atoms with Gasteiger partial charge in [-0.1, -0.05) is 49.3 Å². The summed E-state index contributed by atoms with van der Waals surface area (Å²) in [5.41, 5.74) is 0.743. The first-order valence-corrected chi connectivity index (χ1v) is 20.7. The smallest absolute Gasteiger partial charge is 0.410 e. The third-order valence-electron chi connectivity index (χ3n) is 11.7. The zero-order valence-electron chi connectivity index (χ0n) is 29.8. The Hall–Kier alpha value is -3.94. The van der Waals surface area contributed by atoms with Crippen LogP contribution in [0.4, 0.5) is 4.79 Å². The minimum atomic E-state index is -3.87. The van der Waals surface area contributed by atoms with E-state index in [0.29, 0.717) is 51.9 Å². The van der Waals surface area contributed by atoms with Crippen LogP contribution in [0.1, 0.15) is 94.6 Å². The number of hydrogen-bond donors (Lipinski definition) is 2. The fourth-order valence-corrected chi connectivity index (χ4v) is 9.70. The van der Waals surface area contributed by atoms with Crippen LogP contribution in [0.25, 0.3) is 0 Å². The monoisotopic (exact) mass is 737 g/mol. The van der Waals surface area contributed by atoms with Crippen molar-refractivity contribution in [2.24, 2.45) is 11.8 Å². The minimum Gasteiger partial charge on any atom is -0.444 e. The van der Waals surface area contributed by atoms with Gasteiger partial charge < -0.3 is 24.8 Å². The van der Waals surface area contributed by atoms with Gasteiger partial charge in [-0.05, 0) is 75.3 Å². The molecular formula is C38H51N5O8S. The maximum Gasteiger partial charge on any atom is 0.410 e. The third kappa shape index (κ3) is 8.01. The Morgan fingerprint density at radius 3 is 2.44 bits per heavy atom. The average Bonchev–Trinajstić information content (AvgIpc) is 4.07. The van der Waals surface area contributed by atoms with Gasteiger partial charge in [0.25, 0.3) is 5.91 Å². The first-order valence-electron chi connectivity index (χ1n) is 19.2. The second kappa shape index (κ2) is 15.2. The second-order valence-corrected chi connectivity index (χ2v) is 17.5. The largest absolute Gasteiger partial charge is 0.444 e. The van der Waals surface area contributed by atoms with Crippen molar-refractivity contribution < 1.29 is 37.1 Å². The van der Waals surface area contributed by atoms with Crippen molar-refractivity contribution in [2.45, 2.75) is 119 Å². The zero-order chi connectivity index (χ0) is 36.5. The molecule has 2 aliphatic carbocycles. The minimum absolute atomic E-state index is 0.0130. The van der Waals surface area contributed by atoms with Crippen molar-refractivity contribution in [1.82, 2.24) is 24.7 Å². The normalized spacial score (nSPS) is 29.8. The highest BCUT2D eigenvalue weighted by Gasteiger charge is 2.62. The fourth-order valence-electron chi connectivity index (χ4n) is 8.33. The number of nitrogens with one attached hydrogen (secondary N) is 2. The molecule has 0 spiro atoms. The average molecular weight is 738 g/mol. The van der Waals surface area contributed by atoms with E-state index in [1.54, 1.807) is 4.90 Å². The maximum atomic E-state index is 14.5. The van der Waals surface area contributed by atoms with Crippen LogP contribution in [0.15, 0.2) is 36.4 Å². The molecule has 0 aromatic heterocycles. The molecule has 0 unspecified atom stereocenters. The van der Waals surface area contributed by atoms with E-state index in [4.69, 9.17) is 4.74 Å². The topological polar surface area (TPSA) is 162 Å². The van der Waals surface area contributed by atoms with Gasteiger partial charge in [0.1, 0.15) is 17.7 Å². The lowest BCUT2D eigenvalue weighted by molar-refractivity contribution is -0.145. The number of fused-ring (bicyclic) bond motifs is 3. The molecule has 5 atom stereocenters. The predicted molar refractivity (Wildman–Crippen MR) is 191 cm³/mol. The number of rotatable bonds is 6. The number of likely N-dealkylation sites (tertiary alicyclic amines) is 1.